The van der Waals surface area contributed by atoms with Crippen LogP contribution in [-0.4, -0.2) is 31.2 Å². The highest BCUT2D eigenvalue weighted by Gasteiger charge is 2.24. The predicted molar refractivity (Wildman–Crippen MR) is 129 cm³/mol. The quantitative estimate of drug-likeness (QED) is 0.337. The second-order valence-corrected chi connectivity index (χ2v) is 8.34. The number of carbonyl (C=O) groups is 1. The molecule has 1 heterocycles. The number of amides is 1. The van der Waals surface area contributed by atoms with Crippen LogP contribution in [0.2, 0.25) is 0 Å². The lowest BCUT2D eigenvalue weighted by Crippen LogP contribution is -2.33. The van der Waals surface area contributed by atoms with Crippen molar-refractivity contribution in [3.05, 3.63) is 99.9 Å². The van der Waals surface area contributed by atoms with Crippen molar-refractivity contribution in [2.75, 3.05) is 29.9 Å². The third-order valence-electron chi connectivity index (χ3n) is 6.21. The number of nitro benzene ring substituents is 1. The van der Waals surface area contributed by atoms with Crippen molar-refractivity contribution in [1.29, 1.82) is 0 Å². The van der Waals surface area contributed by atoms with Crippen molar-refractivity contribution in [3.63, 3.8) is 0 Å². The van der Waals surface area contributed by atoms with Crippen LogP contribution in [0.15, 0.2) is 72.8 Å². The summed E-state index contributed by atoms with van der Waals surface area (Å²) in [6.07, 6.45) is 1.25. The van der Waals surface area contributed by atoms with Crippen molar-refractivity contribution in [2.45, 2.75) is 25.4 Å². The lowest BCUT2D eigenvalue weighted by molar-refractivity contribution is -0.385. The molecule has 0 spiro atoms. The third kappa shape index (κ3) is 5.33. The van der Waals surface area contributed by atoms with E-state index in [1.165, 1.54) is 22.6 Å². The highest BCUT2D eigenvalue weighted by atomic mass is 19.1. The molecule has 3 aromatic carbocycles. The largest absolute Gasteiger partial charge is 0.444 e. The van der Waals surface area contributed by atoms with Crippen LogP contribution in [0.4, 0.5) is 26.2 Å². The first-order chi connectivity index (χ1) is 16.4. The van der Waals surface area contributed by atoms with Crippen LogP contribution in [0.3, 0.4) is 0 Å². The summed E-state index contributed by atoms with van der Waals surface area (Å²) in [5.74, 6) is -0.249. The molecule has 1 saturated heterocycles. The van der Waals surface area contributed by atoms with Gasteiger partial charge in [-0.15, -0.1) is 0 Å². The van der Waals surface area contributed by atoms with Gasteiger partial charge in [-0.3, -0.25) is 15.0 Å². The lowest BCUT2D eigenvalue weighted by Gasteiger charge is -2.34. The Morgan fingerprint density at radius 1 is 1.09 bits per heavy atom. The molecule has 0 aliphatic carbocycles. The van der Waals surface area contributed by atoms with Gasteiger partial charge in [0.25, 0.3) is 5.69 Å². The molecule has 0 N–H and O–H groups in total. The molecule has 1 aliphatic heterocycles. The average molecular weight is 464 g/mol. The van der Waals surface area contributed by atoms with Crippen LogP contribution in [-0.2, 0) is 11.3 Å². The van der Waals surface area contributed by atoms with Crippen LogP contribution in [0.5, 0.6) is 0 Å². The summed E-state index contributed by atoms with van der Waals surface area (Å²) in [5, 5.41) is 10.8. The van der Waals surface area contributed by atoms with Gasteiger partial charge in [-0.1, -0.05) is 42.5 Å². The number of benzene rings is 3. The Morgan fingerprint density at radius 3 is 2.38 bits per heavy atom. The van der Waals surface area contributed by atoms with Gasteiger partial charge in [-0.25, -0.2) is 9.18 Å². The number of nitrogens with zero attached hydrogens (tertiary/aromatic N) is 3. The summed E-state index contributed by atoms with van der Waals surface area (Å²) < 4.78 is 19.8. The van der Waals surface area contributed by atoms with Gasteiger partial charge in [0, 0.05) is 31.9 Å². The summed E-state index contributed by atoms with van der Waals surface area (Å²) in [6, 6.07) is 21.2. The number of hydrogen-bond donors (Lipinski definition) is 0. The highest BCUT2D eigenvalue weighted by Crippen LogP contribution is 2.33. The zero-order valence-corrected chi connectivity index (χ0v) is 18.9. The average Bonchev–Trinajstić information content (AvgIpc) is 2.87. The second kappa shape index (κ2) is 10.3. The number of piperidine rings is 1. The molecule has 8 heteroatoms. The fraction of sp³-hybridized carbons (Fsp3) is 0.269. The Balaban J connectivity index is 1.32. The molecule has 0 radical (unpaired) electrons. The smallest absolute Gasteiger partial charge is 0.414 e. The van der Waals surface area contributed by atoms with E-state index in [4.69, 9.17) is 4.74 Å². The van der Waals surface area contributed by atoms with Gasteiger partial charge in [-0.05, 0) is 48.1 Å². The number of carbonyl (C=O) groups excluding carboxylic acids is 1. The van der Waals surface area contributed by atoms with E-state index in [9.17, 15) is 19.3 Å². The van der Waals surface area contributed by atoms with E-state index in [0.717, 1.165) is 30.2 Å². The van der Waals surface area contributed by atoms with E-state index >= 15 is 0 Å². The molecule has 1 aliphatic rings. The van der Waals surface area contributed by atoms with Gasteiger partial charge in [0.15, 0.2) is 5.82 Å². The predicted octanol–water partition coefficient (Wildman–Crippen LogP) is 5.89. The Labute approximate surface area is 197 Å². The van der Waals surface area contributed by atoms with Crippen LogP contribution >= 0.6 is 0 Å². The number of anilines is 2. The highest BCUT2D eigenvalue weighted by molar-refractivity contribution is 5.86. The fourth-order valence-electron chi connectivity index (χ4n) is 4.21. The monoisotopic (exact) mass is 463 g/mol. The molecule has 3 aromatic rings. The lowest BCUT2D eigenvalue weighted by atomic mass is 9.89. The number of nitro groups is 1. The minimum Gasteiger partial charge on any atom is -0.444 e. The van der Waals surface area contributed by atoms with E-state index in [1.54, 1.807) is 7.05 Å². The van der Waals surface area contributed by atoms with E-state index in [2.05, 4.69) is 0 Å². The first kappa shape index (κ1) is 23.2. The van der Waals surface area contributed by atoms with Crippen molar-refractivity contribution in [3.8, 4) is 0 Å². The molecule has 0 atom stereocenters. The topological polar surface area (TPSA) is 75.9 Å². The number of hydrogen-bond acceptors (Lipinski definition) is 5. The molecule has 4 rings (SSSR count). The molecule has 1 amide bonds. The van der Waals surface area contributed by atoms with Gasteiger partial charge in [-0.2, -0.15) is 0 Å². The molecule has 1 fully saturated rings. The molecule has 0 unspecified atom stereocenters. The molecule has 34 heavy (non-hydrogen) atoms. The van der Waals surface area contributed by atoms with Crippen LogP contribution in [0.1, 0.15) is 29.9 Å². The Hall–Kier alpha value is -3.94. The Morgan fingerprint density at radius 2 is 1.76 bits per heavy atom. The van der Waals surface area contributed by atoms with Gasteiger partial charge in [0.1, 0.15) is 6.61 Å². The fourth-order valence-corrected chi connectivity index (χ4v) is 4.21. The standard InChI is InChI=1S/C26H26FN3O4/c1-28(26(31)34-18-19-5-3-2-4-6-19)22-9-7-20(8-10-22)21-13-15-29(16-14-21)25-12-11-23(30(32)33)17-24(25)27/h2-12,17,21H,13-16,18H2,1H3. The SMILES string of the molecule is CN(C(=O)OCc1ccccc1)c1ccc(C2CCN(c3ccc([N+](=O)[O-])cc3F)CC2)cc1. The molecule has 0 saturated carbocycles. The molecule has 0 aromatic heterocycles. The minimum atomic E-state index is -0.594. The number of halogens is 1. The van der Waals surface area contributed by atoms with Crippen molar-refractivity contribution < 1.29 is 18.8 Å². The zero-order chi connectivity index (χ0) is 24.1. The number of rotatable bonds is 6. The summed E-state index contributed by atoms with van der Waals surface area (Å²) >= 11 is 0. The van der Waals surface area contributed by atoms with Gasteiger partial charge in [0.05, 0.1) is 16.7 Å². The van der Waals surface area contributed by atoms with E-state index in [-0.39, 0.29) is 12.3 Å². The van der Waals surface area contributed by atoms with Crippen LogP contribution < -0.4 is 9.80 Å². The second-order valence-electron chi connectivity index (χ2n) is 8.34. The van der Waals surface area contributed by atoms with Gasteiger partial charge >= 0.3 is 6.09 Å². The summed E-state index contributed by atoms with van der Waals surface area (Å²) in [7, 11) is 1.68. The molecule has 0 bridgehead atoms. The van der Waals surface area contributed by atoms with Crippen molar-refractivity contribution in [1.82, 2.24) is 0 Å². The maximum atomic E-state index is 14.4. The summed E-state index contributed by atoms with van der Waals surface area (Å²) in [6.45, 7) is 1.54. The minimum absolute atomic E-state index is 0.218. The van der Waals surface area contributed by atoms with E-state index in [1.807, 2.05) is 59.5 Å². The van der Waals surface area contributed by atoms with Crippen LogP contribution in [0, 0.1) is 15.9 Å². The normalized spacial score (nSPS) is 14.0. The van der Waals surface area contributed by atoms with Crippen molar-refractivity contribution in [2.24, 2.45) is 0 Å². The Kier molecular flexibility index (Phi) is 7.06. The number of non-ortho nitro benzene ring substituents is 1. The third-order valence-corrected chi connectivity index (χ3v) is 6.21. The molecular weight excluding hydrogens is 437 g/mol. The van der Waals surface area contributed by atoms with Crippen molar-refractivity contribution >= 4 is 23.2 Å². The van der Waals surface area contributed by atoms with Gasteiger partial charge in [0.2, 0.25) is 0 Å². The first-order valence-electron chi connectivity index (χ1n) is 11.2. The maximum Gasteiger partial charge on any atom is 0.414 e. The molecule has 7 nitrogen and oxygen atoms in total. The van der Waals surface area contributed by atoms with E-state index < -0.39 is 16.8 Å². The Bertz CT molecular complexity index is 1150. The molecular formula is C26H26FN3O4. The summed E-state index contributed by atoms with van der Waals surface area (Å²) in [4.78, 5) is 26.0. The van der Waals surface area contributed by atoms with Crippen LogP contribution in [0.25, 0.3) is 0 Å². The summed E-state index contributed by atoms with van der Waals surface area (Å²) in [5.41, 5.74) is 2.99. The number of ether oxygens (including phenoxy) is 1. The molecule has 176 valence electrons. The first-order valence-corrected chi connectivity index (χ1v) is 11.2. The maximum absolute atomic E-state index is 14.4. The zero-order valence-electron chi connectivity index (χ0n) is 18.9. The van der Waals surface area contributed by atoms with E-state index in [0.29, 0.717) is 24.7 Å². The van der Waals surface area contributed by atoms with Gasteiger partial charge < -0.3 is 9.64 Å².